The van der Waals surface area contributed by atoms with E-state index in [9.17, 15) is 9.59 Å². The van der Waals surface area contributed by atoms with Crippen molar-refractivity contribution >= 4 is 12.0 Å². The quantitative estimate of drug-likeness (QED) is 0.666. The van der Waals surface area contributed by atoms with Crippen LogP contribution in [0.15, 0.2) is 0 Å². The van der Waals surface area contributed by atoms with Crippen LogP contribution in [0.1, 0.15) is 39.0 Å². The lowest BCUT2D eigenvalue weighted by atomic mass is 9.97. The number of ether oxygens (including phenoxy) is 1. The zero-order valence-electron chi connectivity index (χ0n) is 12.3. The lowest BCUT2D eigenvalue weighted by molar-refractivity contribution is -0.143. The molecule has 0 aliphatic carbocycles. The number of carbonyl (C=O) groups is 2. The third-order valence-corrected chi connectivity index (χ3v) is 3.52. The zero-order chi connectivity index (χ0) is 14.8. The van der Waals surface area contributed by atoms with Crippen LogP contribution in [-0.4, -0.2) is 54.9 Å². The molecule has 0 spiro atoms. The molecule has 6 heteroatoms. The van der Waals surface area contributed by atoms with Gasteiger partial charge in [0.1, 0.15) is 0 Å². The monoisotopic (exact) mass is 286 g/mol. The molecule has 0 aromatic rings. The highest BCUT2D eigenvalue weighted by Gasteiger charge is 2.26. The summed E-state index contributed by atoms with van der Waals surface area (Å²) in [5.41, 5.74) is 0. The van der Waals surface area contributed by atoms with Gasteiger partial charge in [0.15, 0.2) is 0 Å². The molecule has 0 atom stereocenters. The number of urea groups is 1. The Labute approximate surface area is 120 Å². The van der Waals surface area contributed by atoms with Crippen molar-refractivity contribution in [3.05, 3.63) is 0 Å². The highest BCUT2D eigenvalue weighted by atomic mass is 16.5. The number of hydrogen-bond acceptors (Lipinski definition) is 3. The maximum absolute atomic E-state index is 11.8. The van der Waals surface area contributed by atoms with Gasteiger partial charge in [-0.3, -0.25) is 4.79 Å². The van der Waals surface area contributed by atoms with Gasteiger partial charge in [0.05, 0.1) is 5.92 Å². The Bertz CT molecular complexity index is 302. The minimum atomic E-state index is -0.755. The Morgan fingerprint density at radius 1 is 1.25 bits per heavy atom. The summed E-state index contributed by atoms with van der Waals surface area (Å²) in [4.78, 5) is 24.3. The van der Waals surface area contributed by atoms with Crippen LogP contribution in [0.4, 0.5) is 4.79 Å². The molecule has 0 saturated carbocycles. The third-order valence-electron chi connectivity index (χ3n) is 3.52. The van der Waals surface area contributed by atoms with Gasteiger partial charge in [0, 0.05) is 32.8 Å². The highest BCUT2D eigenvalue weighted by molar-refractivity contribution is 5.75. The second-order valence-electron chi connectivity index (χ2n) is 5.15. The largest absolute Gasteiger partial charge is 0.481 e. The Balaban J connectivity index is 2.04. The van der Waals surface area contributed by atoms with Crippen molar-refractivity contribution in [2.24, 2.45) is 5.92 Å². The van der Waals surface area contributed by atoms with Crippen molar-refractivity contribution in [2.75, 3.05) is 32.8 Å². The molecule has 116 valence electrons. The molecule has 1 aliphatic rings. The Hall–Kier alpha value is -1.30. The topological polar surface area (TPSA) is 78.9 Å². The Kier molecular flexibility index (Phi) is 8.02. The van der Waals surface area contributed by atoms with Gasteiger partial charge in [0.2, 0.25) is 0 Å². The molecule has 0 unspecified atom stereocenters. The molecule has 20 heavy (non-hydrogen) atoms. The van der Waals surface area contributed by atoms with Crippen molar-refractivity contribution in [3.63, 3.8) is 0 Å². The number of hydrogen-bond donors (Lipinski definition) is 2. The maximum Gasteiger partial charge on any atom is 0.317 e. The number of rotatable bonds is 8. The predicted octanol–water partition coefficient (Wildman–Crippen LogP) is 1.70. The molecule has 0 aromatic heterocycles. The minimum Gasteiger partial charge on any atom is -0.481 e. The zero-order valence-corrected chi connectivity index (χ0v) is 12.3. The minimum absolute atomic E-state index is 0.0950. The van der Waals surface area contributed by atoms with Crippen molar-refractivity contribution in [1.29, 1.82) is 0 Å². The number of nitrogens with one attached hydrogen (secondary N) is 1. The number of unbranched alkanes of at least 4 members (excludes halogenated alkanes) is 1. The summed E-state index contributed by atoms with van der Waals surface area (Å²) in [6, 6.07) is -0.0950. The average Bonchev–Trinajstić information content (AvgIpc) is 2.46. The van der Waals surface area contributed by atoms with E-state index in [1.54, 1.807) is 4.90 Å². The van der Waals surface area contributed by atoms with Crippen LogP contribution in [0.2, 0.25) is 0 Å². The first-order valence-corrected chi connectivity index (χ1v) is 7.48. The number of carbonyl (C=O) groups excluding carboxylic acids is 1. The Morgan fingerprint density at radius 3 is 2.50 bits per heavy atom. The second kappa shape index (κ2) is 9.58. The van der Waals surface area contributed by atoms with Gasteiger partial charge in [-0.15, -0.1) is 0 Å². The predicted molar refractivity (Wildman–Crippen MR) is 75.7 cm³/mol. The normalized spacial score (nSPS) is 16.1. The van der Waals surface area contributed by atoms with Gasteiger partial charge in [-0.2, -0.15) is 0 Å². The summed E-state index contributed by atoms with van der Waals surface area (Å²) in [5.74, 6) is -1.06. The van der Waals surface area contributed by atoms with Gasteiger partial charge in [-0.1, -0.05) is 13.3 Å². The van der Waals surface area contributed by atoms with Gasteiger partial charge < -0.3 is 20.1 Å². The molecule has 2 amide bonds. The fourth-order valence-corrected chi connectivity index (χ4v) is 2.16. The summed E-state index contributed by atoms with van der Waals surface area (Å²) >= 11 is 0. The number of piperidine rings is 1. The molecular formula is C14H26N2O4. The van der Waals surface area contributed by atoms with E-state index in [-0.39, 0.29) is 11.9 Å². The van der Waals surface area contributed by atoms with E-state index >= 15 is 0 Å². The first kappa shape index (κ1) is 16.8. The smallest absolute Gasteiger partial charge is 0.317 e. The number of aliphatic carboxylic acids is 1. The van der Waals surface area contributed by atoms with E-state index in [4.69, 9.17) is 9.84 Å². The number of amides is 2. The van der Waals surface area contributed by atoms with Crippen LogP contribution in [0.25, 0.3) is 0 Å². The lowest BCUT2D eigenvalue weighted by Crippen LogP contribution is -2.45. The average molecular weight is 286 g/mol. The number of nitrogens with zero attached hydrogens (tertiary/aromatic N) is 1. The molecule has 0 radical (unpaired) electrons. The SMILES string of the molecule is CCCCOCCCNC(=O)N1CCC(C(=O)O)CC1. The third kappa shape index (κ3) is 6.23. The van der Waals surface area contributed by atoms with Crippen LogP contribution in [0.3, 0.4) is 0 Å². The fraction of sp³-hybridized carbons (Fsp3) is 0.857. The van der Waals surface area contributed by atoms with Gasteiger partial charge in [-0.05, 0) is 25.7 Å². The maximum atomic E-state index is 11.8. The lowest BCUT2D eigenvalue weighted by Gasteiger charge is -2.30. The summed E-state index contributed by atoms with van der Waals surface area (Å²) in [5, 5.41) is 11.7. The molecular weight excluding hydrogens is 260 g/mol. The van der Waals surface area contributed by atoms with Gasteiger partial charge in [-0.25, -0.2) is 4.79 Å². The molecule has 2 N–H and O–H groups in total. The van der Waals surface area contributed by atoms with E-state index in [0.29, 0.717) is 39.1 Å². The molecule has 1 fully saturated rings. The summed E-state index contributed by atoms with van der Waals surface area (Å²) in [6.07, 6.45) is 4.10. The number of likely N-dealkylation sites (tertiary alicyclic amines) is 1. The van der Waals surface area contributed by atoms with Crippen molar-refractivity contribution in [3.8, 4) is 0 Å². The van der Waals surface area contributed by atoms with E-state index in [2.05, 4.69) is 12.2 Å². The Morgan fingerprint density at radius 2 is 1.90 bits per heavy atom. The molecule has 1 rings (SSSR count). The van der Waals surface area contributed by atoms with Gasteiger partial charge >= 0.3 is 12.0 Å². The standard InChI is InChI=1S/C14H26N2O4/c1-2-3-10-20-11-4-7-15-14(19)16-8-5-12(6-9-16)13(17)18/h12H,2-11H2,1H3,(H,15,19)(H,17,18). The molecule has 6 nitrogen and oxygen atoms in total. The van der Waals surface area contributed by atoms with Crippen LogP contribution < -0.4 is 5.32 Å². The first-order chi connectivity index (χ1) is 9.65. The molecule has 1 aliphatic heterocycles. The molecule has 0 bridgehead atoms. The van der Waals surface area contributed by atoms with Gasteiger partial charge in [0.25, 0.3) is 0 Å². The van der Waals surface area contributed by atoms with E-state index in [0.717, 1.165) is 25.9 Å². The molecule has 1 saturated heterocycles. The molecule has 0 aromatic carbocycles. The number of carboxylic acids is 1. The van der Waals surface area contributed by atoms with Crippen LogP contribution in [0, 0.1) is 5.92 Å². The summed E-state index contributed by atoms with van der Waals surface area (Å²) < 4.78 is 5.41. The van der Waals surface area contributed by atoms with Crippen molar-refractivity contribution < 1.29 is 19.4 Å². The van der Waals surface area contributed by atoms with E-state index in [1.807, 2.05) is 0 Å². The first-order valence-electron chi connectivity index (χ1n) is 7.48. The second-order valence-corrected chi connectivity index (χ2v) is 5.15. The fourth-order valence-electron chi connectivity index (χ4n) is 2.16. The van der Waals surface area contributed by atoms with Crippen molar-refractivity contribution in [2.45, 2.75) is 39.0 Å². The van der Waals surface area contributed by atoms with Crippen LogP contribution in [-0.2, 0) is 9.53 Å². The highest BCUT2D eigenvalue weighted by Crippen LogP contribution is 2.17. The molecule has 1 heterocycles. The van der Waals surface area contributed by atoms with E-state index < -0.39 is 5.97 Å². The number of carboxylic acid groups (broad SMARTS) is 1. The summed E-state index contributed by atoms with van der Waals surface area (Å²) in [7, 11) is 0. The van der Waals surface area contributed by atoms with Crippen LogP contribution >= 0.6 is 0 Å². The van der Waals surface area contributed by atoms with Crippen molar-refractivity contribution in [1.82, 2.24) is 10.2 Å². The summed E-state index contributed by atoms with van der Waals surface area (Å²) in [6.45, 7) is 5.22. The van der Waals surface area contributed by atoms with E-state index in [1.165, 1.54) is 0 Å². The van der Waals surface area contributed by atoms with Crippen LogP contribution in [0.5, 0.6) is 0 Å².